The van der Waals surface area contributed by atoms with Gasteiger partial charge in [-0.2, -0.15) is 0 Å². The zero-order valence-electron chi connectivity index (χ0n) is 17.0. The predicted octanol–water partition coefficient (Wildman–Crippen LogP) is 4.46. The maximum Gasteiger partial charge on any atom is 0.233 e. The van der Waals surface area contributed by atoms with E-state index < -0.39 is 0 Å². The number of nitrogens with zero attached hydrogens (tertiary/aromatic N) is 1. The first-order chi connectivity index (χ1) is 14.7. The predicted molar refractivity (Wildman–Crippen MR) is 115 cm³/mol. The van der Waals surface area contributed by atoms with Crippen LogP contribution in [-0.2, 0) is 22.6 Å². The molecule has 0 unspecified atom stereocenters. The van der Waals surface area contributed by atoms with Gasteiger partial charge in [0.1, 0.15) is 12.4 Å². The number of benzene rings is 2. The lowest BCUT2D eigenvalue weighted by Gasteiger charge is -2.19. The van der Waals surface area contributed by atoms with Crippen LogP contribution in [0.5, 0.6) is 5.75 Å². The molecule has 1 saturated heterocycles. The van der Waals surface area contributed by atoms with E-state index in [4.69, 9.17) is 4.74 Å². The number of amides is 2. The number of ether oxygens (including phenoxy) is 1. The molecule has 2 heterocycles. The topological polar surface area (TPSA) is 62.4 Å². The Balaban J connectivity index is 1.29. The van der Waals surface area contributed by atoms with Crippen molar-refractivity contribution < 1.29 is 14.3 Å². The van der Waals surface area contributed by atoms with Gasteiger partial charge < -0.3 is 9.72 Å². The van der Waals surface area contributed by atoms with Crippen molar-refractivity contribution >= 4 is 22.7 Å². The smallest absolute Gasteiger partial charge is 0.233 e. The van der Waals surface area contributed by atoms with E-state index in [0.717, 1.165) is 53.5 Å². The third-order valence-corrected chi connectivity index (χ3v) is 6.52. The molecule has 1 saturated carbocycles. The molecule has 5 nitrogen and oxygen atoms in total. The van der Waals surface area contributed by atoms with Crippen LogP contribution in [0.15, 0.2) is 54.7 Å². The first-order valence-corrected chi connectivity index (χ1v) is 10.8. The van der Waals surface area contributed by atoms with Crippen LogP contribution in [0.25, 0.3) is 10.9 Å². The molecule has 2 atom stereocenters. The van der Waals surface area contributed by atoms with Crippen molar-refractivity contribution in [2.75, 3.05) is 6.54 Å². The quantitative estimate of drug-likeness (QED) is 0.619. The number of carbonyl (C=O) groups is 2. The molecule has 1 aromatic heterocycles. The van der Waals surface area contributed by atoms with Gasteiger partial charge in [0.15, 0.2) is 0 Å². The zero-order chi connectivity index (χ0) is 20.5. The van der Waals surface area contributed by atoms with Gasteiger partial charge in [0.05, 0.1) is 11.8 Å². The minimum absolute atomic E-state index is 0.0384. The van der Waals surface area contributed by atoms with Crippen LogP contribution in [0.2, 0.25) is 0 Å². The van der Waals surface area contributed by atoms with Gasteiger partial charge in [-0.25, -0.2) is 0 Å². The summed E-state index contributed by atoms with van der Waals surface area (Å²) in [4.78, 5) is 30.3. The molecule has 0 bridgehead atoms. The highest BCUT2D eigenvalue weighted by Gasteiger charge is 2.47. The normalized spacial score (nSPS) is 21.3. The average Bonchev–Trinajstić information content (AvgIpc) is 3.30. The molecule has 2 aromatic carbocycles. The molecule has 1 aliphatic heterocycles. The Labute approximate surface area is 176 Å². The Morgan fingerprint density at radius 2 is 1.70 bits per heavy atom. The number of carbonyl (C=O) groups excluding carboxylic acids is 2. The van der Waals surface area contributed by atoms with Crippen molar-refractivity contribution in [3.8, 4) is 5.75 Å². The Kier molecular flexibility index (Phi) is 5.03. The maximum atomic E-state index is 12.7. The molecule has 5 heteroatoms. The zero-order valence-corrected chi connectivity index (χ0v) is 17.0. The number of rotatable bonds is 6. The van der Waals surface area contributed by atoms with E-state index in [1.54, 1.807) is 0 Å². The largest absolute Gasteiger partial charge is 0.489 e. The molecular weight excluding hydrogens is 376 g/mol. The third-order valence-electron chi connectivity index (χ3n) is 6.52. The van der Waals surface area contributed by atoms with E-state index in [0.29, 0.717) is 19.6 Å². The SMILES string of the molecule is O=C1[C@H]2CCCC[C@@H]2C(=O)N1CCc1c[nH]c2ccc(OCc3ccccc3)cc12. The monoisotopic (exact) mass is 402 g/mol. The van der Waals surface area contributed by atoms with Crippen molar-refractivity contribution in [2.24, 2.45) is 11.8 Å². The van der Waals surface area contributed by atoms with E-state index >= 15 is 0 Å². The number of H-pyrrole nitrogens is 1. The van der Waals surface area contributed by atoms with Crippen molar-refractivity contribution in [1.29, 1.82) is 0 Å². The summed E-state index contributed by atoms with van der Waals surface area (Å²) in [7, 11) is 0. The average molecular weight is 402 g/mol. The molecule has 2 aliphatic rings. The molecule has 3 aromatic rings. The van der Waals surface area contributed by atoms with Gasteiger partial charge >= 0.3 is 0 Å². The number of likely N-dealkylation sites (tertiary alicyclic amines) is 1. The number of fused-ring (bicyclic) bond motifs is 2. The molecule has 0 radical (unpaired) electrons. The summed E-state index contributed by atoms with van der Waals surface area (Å²) >= 11 is 0. The number of imide groups is 1. The van der Waals surface area contributed by atoms with Crippen LogP contribution in [-0.4, -0.2) is 28.2 Å². The van der Waals surface area contributed by atoms with Gasteiger partial charge in [0, 0.05) is 23.6 Å². The molecule has 2 fully saturated rings. The van der Waals surface area contributed by atoms with E-state index in [-0.39, 0.29) is 23.7 Å². The van der Waals surface area contributed by atoms with Crippen LogP contribution >= 0.6 is 0 Å². The molecule has 5 rings (SSSR count). The number of aromatic amines is 1. The van der Waals surface area contributed by atoms with E-state index in [1.165, 1.54) is 4.90 Å². The molecule has 30 heavy (non-hydrogen) atoms. The number of nitrogens with one attached hydrogen (secondary N) is 1. The molecule has 1 N–H and O–H groups in total. The first-order valence-electron chi connectivity index (χ1n) is 10.8. The fraction of sp³-hybridized carbons (Fsp3) is 0.360. The third kappa shape index (κ3) is 3.49. The second-order valence-electron chi connectivity index (χ2n) is 8.37. The molecule has 154 valence electrons. The van der Waals surface area contributed by atoms with Gasteiger partial charge in [-0.05, 0) is 48.6 Å². The first kappa shape index (κ1) is 18.9. The number of hydrogen-bond donors (Lipinski definition) is 1. The van der Waals surface area contributed by atoms with Crippen molar-refractivity contribution in [3.05, 3.63) is 65.9 Å². The van der Waals surface area contributed by atoms with Crippen LogP contribution in [0.3, 0.4) is 0 Å². The van der Waals surface area contributed by atoms with Gasteiger partial charge in [-0.1, -0.05) is 43.2 Å². The molecule has 0 spiro atoms. The highest BCUT2D eigenvalue weighted by Crippen LogP contribution is 2.38. The minimum atomic E-state index is -0.0767. The summed E-state index contributed by atoms with van der Waals surface area (Å²) in [6.07, 6.45) is 6.47. The summed E-state index contributed by atoms with van der Waals surface area (Å²) in [5.74, 6) is 0.735. The number of hydrogen-bond acceptors (Lipinski definition) is 3. The van der Waals surface area contributed by atoms with Gasteiger partial charge in [-0.3, -0.25) is 14.5 Å². The van der Waals surface area contributed by atoms with Crippen molar-refractivity contribution in [1.82, 2.24) is 9.88 Å². The van der Waals surface area contributed by atoms with Gasteiger partial charge in [0.2, 0.25) is 11.8 Å². The molecule has 2 amide bonds. The van der Waals surface area contributed by atoms with Crippen LogP contribution in [0.1, 0.15) is 36.8 Å². The number of aromatic nitrogens is 1. The Hall–Kier alpha value is -3.08. The summed E-state index contributed by atoms with van der Waals surface area (Å²) in [6, 6.07) is 16.1. The van der Waals surface area contributed by atoms with Crippen LogP contribution < -0.4 is 4.74 Å². The van der Waals surface area contributed by atoms with Crippen molar-refractivity contribution in [2.45, 2.75) is 38.7 Å². The summed E-state index contributed by atoms with van der Waals surface area (Å²) in [5.41, 5.74) is 3.26. The Bertz CT molecular complexity index is 1050. The highest BCUT2D eigenvalue weighted by molar-refractivity contribution is 6.05. The lowest BCUT2D eigenvalue weighted by Crippen LogP contribution is -2.33. The summed E-state index contributed by atoms with van der Waals surface area (Å²) in [6.45, 7) is 0.971. The Morgan fingerprint density at radius 3 is 2.43 bits per heavy atom. The lowest BCUT2D eigenvalue weighted by atomic mass is 9.81. The highest BCUT2D eigenvalue weighted by atomic mass is 16.5. The van der Waals surface area contributed by atoms with Gasteiger partial charge in [-0.15, -0.1) is 0 Å². The second kappa shape index (κ2) is 7.98. The lowest BCUT2D eigenvalue weighted by molar-refractivity contribution is -0.139. The fourth-order valence-electron chi connectivity index (χ4n) is 4.88. The van der Waals surface area contributed by atoms with E-state index in [9.17, 15) is 9.59 Å². The maximum absolute atomic E-state index is 12.7. The Morgan fingerprint density at radius 1 is 0.967 bits per heavy atom. The second-order valence-corrected chi connectivity index (χ2v) is 8.37. The fourth-order valence-corrected chi connectivity index (χ4v) is 4.88. The van der Waals surface area contributed by atoms with Crippen molar-refractivity contribution in [3.63, 3.8) is 0 Å². The summed E-state index contributed by atoms with van der Waals surface area (Å²) in [5, 5.41) is 1.08. The van der Waals surface area contributed by atoms with E-state index in [1.807, 2.05) is 54.7 Å². The summed E-state index contributed by atoms with van der Waals surface area (Å²) < 4.78 is 5.97. The van der Waals surface area contributed by atoms with Gasteiger partial charge in [0.25, 0.3) is 0 Å². The molecule has 1 aliphatic carbocycles. The van der Waals surface area contributed by atoms with Crippen LogP contribution in [0.4, 0.5) is 0 Å². The van der Waals surface area contributed by atoms with Crippen LogP contribution in [0, 0.1) is 11.8 Å². The minimum Gasteiger partial charge on any atom is -0.489 e. The standard InChI is InChI=1S/C25H26N2O3/c28-24-20-8-4-5-9-21(20)25(29)27(24)13-12-18-15-26-23-11-10-19(14-22(18)23)30-16-17-6-2-1-3-7-17/h1-3,6-7,10-11,14-15,20-21,26H,4-5,8-9,12-13,16H2/t20-,21-/m0/s1. The van der Waals surface area contributed by atoms with E-state index in [2.05, 4.69) is 4.98 Å². The molecular formula is C25H26N2O3.